The van der Waals surface area contributed by atoms with Crippen molar-refractivity contribution in [3.8, 4) is 0 Å². The fourth-order valence-corrected chi connectivity index (χ4v) is 2.85. The third-order valence-corrected chi connectivity index (χ3v) is 4.09. The number of benzene rings is 1. The van der Waals surface area contributed by atoms with Crippen LogP contribution in [0.2, 0.25) is 5.15 Å². The van der Waals surface area contributed by atoms with Crippen molar-refractivity contribution in [2.24, 2.45) is 0 Å². The fourth-order valence-electron chi connectivity index (χ4n) is 1.47. The van der Waals surface area contributed by atoms with E-state index in [-0.39, 0.29) is 21.3 Å². The van der Waals surface area contributed by atoms with Crippen molar-refractivity contribution in [3.63, 3.8) is 0 Å². The van der Waals surface area contributed by atoms with Gasteiger partial charge in [0.1, 0.15) is 11.0 Å². The van der Waals surface area contributed by atoms with E-state index in [1.54, 1.807) is 0 Å². The molecule has 1 aromatic carbocycles. The lowest BCUT2D eigenvalue weighted by atomic mass is 10.2. The van der Waals surface area contributed by atoms with Crippen molar-refractivity contribution < 1.29 is 12.8 Å². The van der Waals surface area contributed by atoms with Crippen LogP contribution < -0.4 is 4.72 Å². The number of pyridine rings is 1. The molecule has 0 atom stereocenters. The second kappa shape index (κ2) is 5.14. The van der Waals surface area contributed by atoms with Gasteiger partial charge < -0.3 is 0 Å². The Balaban J connectivity index is 2.39. The maximum atomic E-state index is 13.4. The Morgan fingerprint density at radius 1 is 1.32 bits per heavy atom. The van der Waals surface area contributed by atoms with Crippen LogP contribution in [0.4, 0.5) is 10.1 Å². The number of hydrogen-bond donors (Lipinski definition) is 1. The second-order valence-electron chi connectivity index (χ2n) is 3.83. The molecule has 0 amide bonds. The van der Waals surface area contributed by atoms with E-state index in [1.165, 1.54) is 43.5 Å². The predicted octanol–water partition coefficient (Wildman–Crippen LogP) is 2.98. The number of nitrogens with zero attached hydrogens (tertiary/aromatic N) is 1. The normalized spacial score (nSPS) is 11.3. The maximum absolute atomic E-state index is 13.4. The van der Waals surface area contributed by atoms with Gasteiger partial charge in [-0.25, -0.2) is 17.8 Å². The fraction of sp³-hybridized carbons (Fsp3) is 0.0833. The number of aromatic nitrogens is 1. The molecule has 0 unspecified atom stereocenters. The Morgan fingerprint density at radius 2 is 2.05 bits per heavy atom. The number of rotatable bonds is 3. The lowest BCUT2D eigenvalue weighted by Gasteiger charge is -2.10. The molecule has 0 radical (unpaired) electrons. The van der Waals surface area contributed by atoms with E-state index in [4.69, 9.17) is 11.6 Å². The van der Waals surface area contributed by atoms with Crippen LogP contribution in [0.1, 0.15) is 5.56 Å². The summed E-state index contributed by atoms with van der Waals surface area (Å²) in [6.07, 6.45) is 1.29. The Hall–Kier alpha value is -1.66. The molecule has 2 rings (SSSR count). The maximum Gasteiger partial charge on any atom is 0.262 e. The van der Waals surface area contributed by atoms with Crippen molar-refractivity contribution in [1.82, 2.24) is 4.98 Å². The zero-order valence-corrected chi connectivity index (χ0v) is 11.5. The highest BCUT2D eigenvalue weighted by Gasteiger charge is 2.16. The molecule has 0 aliphatic rings. The average molecular weight is 301 g/mol. The van der Waals surface area contributed by atoms with E-state index in [1.807, 2.05) is 0 Å². The van der Waals surface area contributed by atoms with Crippen molar-refractivity contribution >= 4 is 27.3 Å². The molecular weight excluding hydrogens is 291 g/mol. The summed E-state index contributed by atoms with van der Waals surface area (Å²) in [5.74, 6) is -0.479. The van der Waals surface area contributed by atoms with E-state index < -0.39 is 15.8 Å². The van der Waals surface area contributed by atoms with Gasteiger partial charge >= 0.3 is 0 Å². The number of sulfonamides is 1. The van der Waals surface area contributed by atoms with Gasteiger partial charge in [0.05, 0.1) is 10.6 Å². The van der Waals surface area contributed by atoms with Gasteiger partial charge in [-0.15, -0.1) is 0 Å². The molecule has 0 saturated heterocycles. The Bertz CT molecular complexity index is 719. The van der Waals surface area contributed by atoms with Crippen LogP contribution in [0.15, 0.2) is 41.4 Å². The molecule has 4 nitrogen and oxygen atoms in total. The molecule has 100 valence electrons. The van der Waals surface area contributed by atoms with Crippen molar-refractivity contribution in [3.05, 3.63) is 53.1 Å². The summed E-state index contributed by atoms with van der Waals surface area (Å²) >= 11 is 5.65. The van der Waals surface area contributed by atoms with E-state index in [0.717, 1.165) is 0 Å². The molecule has 0 saturated carbocycles. The molecule has 2 aromatic rings. The highest BCUT2D eigenvalue weighted by molar-refractivity contribution is 7.92. The molecule has 0 bridgehead atoms. The van der Waals surface area contributed by atoms with Crippen LogP contribution in [0.3, 0.4) is 0 Å². The van der Waals surface area contributed by atoms with Crippen LogP contribution in [-0.4, -0.2) is 13.4 Å². The van der Waals surface area contributed by atoms with Crippen molar-refractivity contribution in [2.45, 2.75) is 11.8 Å². The molecule has 7 heteroatoms. The van der Waals surface area contributed by atoms with E-state index in [0.29, 0.717) is 0 Å². The largest absolute Gasteiger partial charge is 0.279 e. The summed E-state index contributed by atoms with van der Waals surface area (Å²) in [5.41, 5.74) is 0.416. The molecular formula is C12H10ClFN2O2S. The Kier molecular flexibility index (Phi) is 3.73. The van der Waals surface area contributed by atoms with Crippen LogP contribution >= 0.6 is 11.6 Å². The molecule has 0 aliphatic heterocycles. The van der Waals surface area contributed by atoms with Gasteiger partial charge in [-0.3, -0.25) is 4.72 Å². The first-order valence-corrected chi connectivity index (χ1v) is 7.16. The number of halogens is 2. The SMILES string of the molecule is Cc1c(F)cccc1NS(=O)(=O)c1ccnc(Cl)c1. The summed E-state index contributed by atoms with van der Waals surface area (Å²) in [6.45, 7) is 1.49. The van der Waals surface area contributed by atoms with Gasteiger partial charge in [0.25, 0.3) is 10.0 Å². The lowest BCUT2D eigenvalue weighted by molar-refractivity contribution is 0.600. The average Bonchev–Trinajstić information content (AvgIpc) is 2.35. The zero-order valence-electron chi connectivity index (χ0n) is 9.89. The van der Waals surface area contributed by atoms with Gasteiger partial charge in [0, 0.05) is 11.8 Å². The third kappa shape index (κ3) is 3.02. The van der Waals surface area contributed by atoms with E-state index in [2.05, 4.69) is 9.71 Å². The summed E-state index contributed by atoms with van der Waals surface area (Å²) < 4.78 is 39.9. The molecule has 1 aromatic heterocycles. The van der Waals surface area contributed by atoms with E-state index in [9.17, 15) is 12.8 Å². The minimum absolute atomic E-state index is 0.0313. The van der Waals surface area contributed by atoms with Crippen LogP contribution in [-0.2, 0) is 10.0 Å². The van der Waals surface area contributed by atoms with Crippen LogP contribution in [0.5, 0.6) is 0 Å². The second-order valence-corrected chi connectivity index (χ2v) is 5.90. The van der Waals surface area contributed by atoms with E-state index >= 15 is 0 Å². The molecule has 1 N–H and O–H groups in total. The van der Waals surface area contributed by atoms with Crippen molar-refractivity contribution in [1.29, 1.82) is 0 Å². The Morgan fingerprint density at radius 3 is 2.74 bits per heavy atom. The number of hydrogen-bond acceptors (Lipinski definition) is 3. The molecule has 0 fully saturated rings. The van der Waals surface area contributed by atoms with Gasteiger partial charge in [-0.1, -0.05) is 17.7 Å². The third-order valence-electron chi connectivity index (χ3n) is 2.52. The lowest BCUT2D eigenvalue weighted by Crippen LogP contribution is -2.14. The Labute approximate surface area is 115 Å². The van der Waals surface area contributed by atoms with Crippen molar-refractivity contribution in [2.75, 3.05) is 4.72 Å². The standard InChI is InChI=1S/C12H10ClFN2O2S/c1-8-10(14)3-2-4-11(8)16-19(17,18)9-5-6-15-12(13)7-9/h2-7,16H,1H3. The quantitative estimate of drug-likeness (QED) is 0.887. The zero-order chi connectivity index (χ0) is 14.0. The smallest absolute Gasteiger partial charge is 0.262 e. The summed E-state index contributed by atoms with van der Waals surface area (Å²) in [5, 5.41) is 0.0684. The number of anilines is 1. The summed E-state index contributed by atoms with van der Waals surface area (Å²) in [4.78, 5) is 3.67. The van der Waals surface area contributed by atoms with Gasteiger partial charge in [-0.05, 0) is 31.2 Å². The predicted molar refractivity (Wildman–Crippen MR) is 71.2 cm³/mol. The highest BCUT2D eigenvalue weighted by Crippen LogP contribution is 2.22. The molecule has 19 heavy (non-hydrogen) atoms. The molecule has 0 aliphatic carbocycles. The van der Waals surface area contributed by atoms with Gasteiger partial charge in [0.2, 0.25) is 0 Å². The topological polar surface area (TPSA) is 59.1 Å². The van der Waals surface area contributed by atoms with Crippen LogP contribution in [0, 0.1) is 12.7 Å². The van der Waals surface area contributed by atoms with Crippen LogP contribution in [0.25, 0.3) is 0 Å². The highest BCUT2D eigenvalue weighted by atomic mass is 35.5. The molecule has 1 heterocycles. The summed E-state index contributed by atoms with van der Waals surface area (Å²) in [7, 11) is -3.82. The first-order valence-electron chi connectivity index (χ1n) is 5.29. The minimum atomic E-state index is -3.82. The first kappa shape index (κ1) is 13.8. The summed E-state index contributed by atoms with van der Waals surface area (Å²) in [6, 6.07) is 6.70. The molecule has 0 spiro atoms. The minimum Gasteiger partial charge on any atom is -0.279 e. The number of nitrogens with one attached hydrogen (secondary N) is 1. The van der Waals surface area contributed by atoms with Gasteiger partial charge in [0.15, 0.2) is 0 Å². The first-order chi connectivity index (χ1) is 8.90. The van der Waals surface area contributed by atoms with Gasteiger partial charge in [-0.2, -0.15) is 0 Å². The monoisotopic (exact) mass is 300 g/mol.